The van der Waals surface area contributed by atoms with Crippen molar-refractivity contribution in [2.45, 2.75) is 26.8 Å². The largest absolute Gasteiger partial charge is 0.356 e. The van der Waals surface area contributed by atoms with Crippen LogP contribution in [-0.4, -0.2) is 48.4 Å². The molecule has 0 spiro atoms. The molecule has 0 bridgehead atoms. The van der Waals surface area contributed by atoms with Crippen molar-refractivity contribution in [3.05, 3.63) is 52.0 Å². The molecule has 26 heavy (non-hydrogen) atoms. The van der Waals surface area contributed by atoms with Crippen molar-refractivity contribution < 1.29 is 4.79 Å². The van der Waals surface area contributed by atoms with Crippen LogP contribution in [-0.2, 0) is 17.8 Å². The zero-order valence-electron chi connectivity index (χ0n) is 15.7. The molecule has 2 N–H and O–H groups in total. The van der Waals surface area contributed by atoms with E-state index in [0.29, 0.717) is 19.0 Å². The molecule has 6 nitrogen and oxygen atoms in total. The van der Waals surface area contributed by atoms with Gasteiger partial charge in [-0.25, -0.2) is 4.98 Å². The quantitative estimate of drug-likeness (QED) is 0.550. The first-order chi connectivity index (χ1) is 12.6. The van der Waals surface area contributed by atoms with E-state index in [2.05, 4.69) is 27.5 Å². The number of amides is 1. The van der Waals surface area contributed by atoms with Crippen LogP contribution in [0.15, 0.2) is 41.5 Å². The van der Waals surface area contributed by atoms with Crippen molar-refractivity contribution in [2.75, 3.05) is 26.7 Å². The lowest BCUT2D eigenvalue weighted by Gasteiger charge is -2.22. The fourth-order valence-electron chi connectivity index (χ4n) is 2.48. The molecule has 7 heteroatoms. The van der Waals surface area contributed by atoms with Crippen molar-refractivity contribution in [1.29, 1.82) is 0 Å². The number of aromatic nitrogens is 1. The second kappa shape index (κ2) is 10.6. The van der Waals surface area contributed by atoms with Gasteiger partial charge in [0.25, 0.3) is 0 Å². The maximum Gasteiger partial charge on any atom is 0.242 e. The van der Waals surface area contributed by atoms with Gasteiger partial charge >= 0.3 is 0 Å². The Balaban J connectivity index is 1.76. The van der Waals surface area contributed by atoms with Gasteiger partial charge in [0.05, 0.1) is 11.6 Å². The summed E-state index contributed by atoms with van der Waals surface area (Å²) in [5.41, 5.74) is 1.13. The number of rotatable bonds is 8. The summed E-state index contributed by atoms with van der Waals surface area (Å²) in [6.07, 6.45) is 2.72. The average Bonchev–Trinajstić information content (AvgIpc) is 3.08. The Kier molecular flexibility index (Phi) is 8.08. The lowest BCUT2D eigenvalue weighted by atomic mass is 10.2. The van der Waals surface area contributed by atoms with E-state index < -0.39 is 0 Å². The first-order valence-electron chi connectivity index (χ1n) is 8.80. The molecular formula is C19H27N5OS. The molecule has 0 radical (unpaired) electrons. The molecule has 1 aromatic carbocycles. The van der Waals surface area contributed by atoms with Gasteiger partial charge in [-0.05, 0) is 19.4 Å². The molecule has 0 saturated heterocycles. The van der Waals surface area contributed by atoms with Crippen molar-refractivity contribution in [3.63, 3.8) is 0 Å². The minimum Gasteiger partial charge on any atom is -0.356 e. The van der Waals surface area contributed by atoms with Gasteiger partial charge in [-0.3, -0.25) is 9.79 Å². The fraction of sp³-hybridized carbons (Fsp3) is 0.421. The maximum atomic E-state index is 12.5. The number of likely N-dealkylation sites (N-methyl/N-ethyl adjacent to an activating group) is 1. The molecule has 0 atom stereocenters. The zero-order valence-corrected chi connectivity index (χ0v) is 16.5. The number of nitrogens with zero attached hydrogens (tertiary/aromatic N) is 3. The molecule has 1 aromatic heterocycles. The number of hydrogen-bond donors (Lipinski definition) is 2. The monoisotopic (exact) mass is 373 g/mol. The Labute approximate surface area is 159 Å². The van der Waals surface area contributed by atoms with Crippen LogP contribution in [0.3, 0.4) is 0 Å². The van der Waals surface area contributed by atoms with Crippen LogP contribution in [0.4, 0.5) is 0 Å². The number of nitrogens with one attached hydrogen (secondary N) is 2. The normalized spacial score (nSPS) is 11.3. The summed E-state index contributed by atoms with van der Waals surface area (Å²) >= 11 is 1.70. The van der Waals surface area contributed by atoms with Gasteiger partial charge in [0.2, 0.25) is 5.91 Å². The van der Waals surface area contributed by atoms with Gasteiger partial charge in [0.15, 0.2) is 5.96 Å². The minimum atomic E-state index is 0.0508. The van der Waals surface area contributed by atoms with Crippen LogP contribution in [0.25, 0.3) is 0 Å². The predicted molar refractivity (Wildman–Crippen MR) is 107 cm³/mol. The van der Waals surface area contributed by atoms with Gasteiger partial charge in [0, 0.05) is 44.2 Å². The SMILES string of the molecule is CCN(Cc1ccccc1)C(=O)CNC(=NC)NCCc1ncc(C)s1. The standard InChI is InChI=1S/C19H27N5OS/c1-4-24(14-16-8-6-5-7-9-16)18(25)13-23-19(20-3)21-11-10-17-22-12-15(2)26-17/h5-9,12H,4,10-11,13-14H2,1-3H3,(H2,20,21,23). The molecule has 0 fully saturated rings. The number of carbonyl (C=O) groups is 1. The molecule has 0 saturated carbocycles. The topological polar surface area (TPSA) is 69.6 Å². The maximum absolute atomic E-state index is 12.5. The van der Waals surface area contributed by atoms with E-state index in [1.54, 1.807) is 18.4 Å². The van der Waals surface area contributed by atoms with Crippen LogP contribution in [0.5, 0.6) is 0 Å². The zero-order chi connectivity index (χ0) is 18.8. The van der Waals surface area contributed by atoms with Crippen molar-refractivity contribution in [3.8, 4) is 0 Å². The number of carbonyl (C=O) groups excluding carboxylic acids is 1. The first-order valence-corrected chi connectivity index (χ1v) is 9.61. The van der Waals surface area contributed by atoms with Crippen LogP contribution in [0.2, 0.25) is 0 Å². The van der Waals surface area contributed by atoms with E-state index in [9.17, 15) is 4.79 Å². The highest BCUT2D eigenvalue weighted by Gasteiger charge is 2.12. The second-order valence-corrected chi connectivity index (χ2v) is 7.18. The number of hydrogen-bond acceptors (Lipinski definition) is 4. The Bertz CT molecular complexity index is 714. The van der Waals surface area contributed by atoms with Gasteiger partial charge in [-0.2, -0.15) is 0 Å². The summed E-state index contributed by atoms with van der Waals surface area (Å²) in [6.45, 7) is 6.27. The van der Waals surface area contributed by atoms with E-state index in [1.165, 1.54) is 4.88 Å². The van der Waals surface area contributed by atoms with Crippen LogP contribution in [0, 0.1) is 6.92 Å². The molecule has 1 heterocycles. The average molecular weight is 374 g/mol. The summed E-state index contributed by atoms with van der Waals surface area (Å²) in [7, 11) is 1.70. The van der Waals surface area contributed by atoms with E-state index >= 15 is 0 Å². The minimum absolute atomic E-state index is 0.0508. The van der Waals surface area contributed by atoms with E-state index in [0.717, 1.165) is 23.5 Å². The third kappa shape index (κ3) is 6.48. The second-order valence-electron chi connectivity index (χ2n) is 5.86. The molecule has 2 rings (SSSR count). The van der Waals surface area contributed by atoms with Crippen molar-refractivity contribution in [2.24, 2.45) is 4.99 Å². The Morgan fingerprint density at radius 3 is 2.65 bits per heavy atom. The van der Waals surface area contributed by atoms with E-state index in [4.69, 9.17) is 0 Å². The fourth-order valence-corrected chi connectivity index (χ4v) is 3.26. The molecule has 0 aliphatic heterocycles. The summed E-state index contributed by atoms with van der Waals surface area (Å²) in [5, 5.41) is 7.41. The van der Waals surface area contributed by atoms with Crippen LogP contribution < -0.4 is 10.6 Å². The lowest BCUT2D eigenvalue weighted by Crippen LogP contribution is -2.44. The summed E-state index contributed by atoms with van der Waals surface area (Å²) in [4.78, 5) is 24.0. The molecule has 1 amide bonds. The first kappa shape index (κ1) is 19.9. The van der Waals surface area contributed by atoms with Crippen molar-refractivity contribution in [1.82, 2.24) is 20.5 Å². The third-order valence-electron chi connectivity index (χ3n) is 3.88. The van der Waals surface area contributed by atoms with Gasteiger partial charge in [0.1, 0.15) is 0 Å². The summed E-state index contributed by atoms with van der Waals surface area (Å²) in [5.74, 6) is 0.678. The number of aryl methyl sites for hydroxylation is 1. The number of benzene rings is 1. The highest BCUT2D eigenvalue weighted by molar-refractivity contribution is 7.11. The molecule has 2 aromatic rings. The predicted octanol–water partition coefficient (Wildman–Crippen LogP) is 2.21. The number of thiazole rings is 1. The number of aliphatic imine (C=N–C) groups is 1. The highest BCUT2D eigenvalue weighted by atomic mass is 32.1. The molecule has 0 aliphatic rings. The molecule has 140 valence electrons. The summed E-state index contributed by atoms with van der Waals surface area (Å²) < 4.78 is 0. The van der Waals surface area contributed by atoms with E-state index in [1.807, 2.05) is 48.4 Å². The lowest BCUT2D eigenvalue weighted by molar-refractivity contribution is -0.130. The highest BCUT2D eigenvalue weighted by Crippen LogP contribution is 2.10. The molecular weight excluding hydrogens is 346 g/mol. The Morgan fingerprint density at radius 1 is 1.27 bits per heavy atom. The van der Waals surface area contributed by atoms with Crippen molar-refractivity contribution >= 4 is 23.2 Å². The smallest absolute Gasteiger partial charge is 0.242 e. The van der Waals surface area contributed by atoms with E-state index in [-0.39, 0.29) is 12.5 Å². The van der Waals surface area contributed by atoms with Crippen LogP contribution in [0.1, 0.15) is 22.4 Å². The van der Waals surface area contributed by atoms with Gasteiger partial charge in [-0.15, -0.1) is 11.3 Å². The van der Waals surface area contributed by atoms with Gasteiger partial charge in [-0.1, -0.05) is 30.3 Å². The molecule has 0 unspecified atom stereocenters. The molecule has 0 aliphatic carbocycles. The third-order valence-corrected chi connectivity index (χ3v) is 4.85. The Morgan fingerprint density at radius 2 is 2.04 bits per heavy atom. The Hall–Kier alpha value is -2.41. The van der Waals surface area contributed by atoms with Crippen LogP contribution >= 0.6 is 11.3 Å². The summed E-state index contributed by atoms with van der Waals surface area (Å²) in [6, 6.07) is 10.0. The van der Waals surface area contributed by atoms with Gasteiger partial charge < -0.3 is 15.5 Å². The number of guanidine groups is 1.